The minimum atomic E-state index is -0.927. The van der Waals surface area contributed by atoms with Crippen LogP contribution in [0, 0.1) is 5.92 Å². The molecular formula is C27H33NO4. The highest BCUT2D eigenvalue weighted by atomic mass is 16.4. The van der Waals surface area contributed by atoms with E-state index in [9.17, 15) is 14.7 Å². The van der Waals surface area contributed by atoms with E-state index in [4.69, 9.17) is 5.11 Å². The van der Waals surface area contributed by atoms with Crippen molar-refractivity contribution in [3.8, 4) is 0 Å². The van der Waals surface area contributed by atoms with Crippen LogP contribution in [0.1, 0.15) is 54.1 Å². The summed E-state index contributed by atoms with van der Waals surface area (Å²) in [5, 5.41) is 19.7. The van der Waals surface area contributed by atoms with E-state index in [2.05, 4.69) is 19.1 Å². The van der Waals surface area contributed by atoms with Crippen LogP contribution in [-0.2, 0) is 17.6 Å². The number of amides is 1. The van der Waals surface area contributed by atoms with Gasteiger partial charge in [-0.1, -0.05) is 61.5 Å². The molecule has 3 atom stereocenters. The zero-order chi connectivity index (χ0) is 22.9. The number of carboxylic acid groups (broad SMARTS) is 1. The summed E-state index contributed by atoms with van der Waals surface area (Å²) in [5.74, 6) is -0.646. The first-order valence-corrected chi connectivity index (χ1v) is 11.5. The van der Waals surface area contributed by atoms with Crippen LogP contribution in [0.5, 0.6) is 0 Å². The average molecular weight is 436 g/mol. The molecule has 1 aliphatic rings. The van der Waals surface area contributed by atoms with E-state index in [1.807, 2.05) is 41.3 Å². The molecule has 5 heteroatoms. The molecule has 2 aromatic carbocycles. The molecule has 2 N–H and O–H groups in total. The van der Waals surface area contributed by atoms with Crippen molar-refractivity contribution in [3.63, 3.8) is 0 Å². The summed E-state index contributed by atoms with van der Waals surface area (Å²) in [4.78, 5) is 25.4. The van der Waals surface area contributed by atoms with Crippen molar-refractivity contribution < 1.29 is 19.8 Å². The number of nitrogens with zero attached hydrogens (tertiary/aromatic N) is 1. The average Bonchev–Trinajstić information content (AvgIpc) is 3.16. The lowest BCUT2D eigenvalue weighted by Crippen LogP contribution is -2.33. The van der Waals surface area contributed by atoms with Crippen molar-refractivity contribution in [1.82, 2.24) is 4.90 Å². The van der Waals surface area contributed by atoms with Gasteiger partial charge in [0.05, 0.1) is 17.7 Å². The summed E-state index contributed by atoms with van der Waals surface area (Å²) in [6.45, 7) is 2.69. The van der Waals surface area contributed by atoms with Crippen LogP contribution in [0.2, 0.25) is 0 Å². The number of carbonyl (C=O) groups excluding carboxylic acids is 1. The smallest absolute Gasteiger partial charge is 0.335 e. The monoisotopic (exact) mass is 435 g/mol. The second-order valence-corrected chi connectivity index (χ2v) is 8.68. The van der Waals surface area contributed by atoms with Gasteiger partial charge in [-0.2, -0.15) is 0 Å². The molecule has 5 nitrogen and oxygen atoms in total. The first kappa shape index (κ1) is 23.7. The third kappa shape index (κ3) is 6.79. The van der Waals surface area contributed by atoms with Gasteiger partial charge in [-0.25, -0.2) is 4.79 Å². The lowest BCUT2D eigenvalue weighted by Gasteiger charge is -2.23. The van der Waals surface area contributed by atoms with Crippen molar-refractivity contribution in [3.05, 3.63) is 83.4 Å². The number of benzene rings is 2. The molecule has 0 aromatic heterocycles. The highest BCUT2D eigenvalue weighted by Gasteiger charge is 2.28. The van der Waals surface area contributed by atoms with Crippen molar-refractivity contribution in [2.24, 2.45) is 5.92 Å². The van der Waals surface area contributed by atoms with Gasteiger partial charge in [-0.3, -0.25) is 4.79 Å². The van der Waals surface area contributed by atoms with Crippen LogP contribution >= 0.6 is 0 Å². The molecule has 1 saturated heterocycles. The first-order valence-electron chi connectivity index (χ1n) is 11.5. The molecule has 0 radical (unpaired) electrons. The van der Waals surface area contributed by atoms with Crippen molar-refractivity contribution in [2.45, 2.75) is 57.6 Å². The van der Waals surface area contributed by atoms with E-state index in [1.54, 1.807) is 18.2 Å². The molecule has 1 amide bonds. The second-order valence-electron chi connectivity index (χ2n) is 8.68. The zero-order valence-corrected chi connectivity index (χ0v) is 18.7. The molecule has 1 aliphatic heterocycles. The van der Waals surface area contributed by atoms with Crippen molar-refractivity contribution in [2.75, 3.05) is 6.54 Å². The molecule has 32 heavy (non-hydrogen) atoms. The molecule has 170 valence electrons. The SMILES string of the molecule is C[C@@H](CCc1ccccc1)[C@H](O)C=C[C@H]1CCC(=O)N1CCCc1cccc(C(=O)O)c1. The van der Waals surface area contributed by atoms with Gasteiger partial charge in [0, 0.05) is 13.0 Å². The van der Waals surface area contributed by atoms with Gasteiger partial charge >= 0.3 is 5.97 Å². The Morgan fingerprint density at radius 1 is 1.12 bits per heavy atom. The van der Waals surface area contributed by atoms with Gasteiger partial charge in [-0.05, 0) is 61.3 Å². The molecule has 0 aliphatic carbocycles. The van der Waals surface area contributed by atoms with E-state index in [0.717, 1.165) is 37.7 Å². The zero-order valence-electron chi connectivity index (χ0n) is 18.7. The summed E-state index contributed by atoms with van der Waals surface area (Å²) < 4.78 is 0. The maximum atomic E-state index is 12.4. The van der Waals surface area contributed by atoms with E-state index < -0.39 is 12.1 Å². The van der Waals surface area contributed by atoms with Gasteiger partial charge < -0.3 is 15.1 Å². The molecule has 0 spiro atoms. The number of aryl methyl sites for hydroxylation is 2. The van der Waals surface area contributed by atoms with Crippen LogP contribution in [0.15, 0.2) is 66.7 Å². The number of carbonyl (C=O) groups is 2. The maximum Gasteiger partial charge on any atom is 0.335 e. The van der Waals surface area contributed by atoms with E-state index >= 15 is 0 Å². The van der Waals surface area contributed by atoms with Gasteiger partial charge in [0.15, 0.2) is 0 Å². The lowest BCUT2D eigenvalue weighted by molar-refractivity contribution is -0.128. The van der Waals surface area contributed by atoms with Crippen LogP contribution in [-0.4, -0.2) is 45.7 Å². The van der Waals surface area contributed by atoms with Gasteiger partial charge in [0.1, 0.15) is 0 Å². The van der Waals surface area contributed by atoms with E-state index in [1.165, 1.54) is 5.56 Å². The Balaban J connectivity index is 1.48. The number of likely N-dealkylation sites (tertiary alicyclic amines) is 1. The van der Waals surface area contributed by atoms with Crippen LogP contribution in [0.25, 0.3) is 0 Å². The Kier molecular flexibility index (Phi) is 8.63. The normalized spacial score (nSPS) is 18.2. The fraction of sp³-hybridized carbons (Fsp3) is 0.407. The molecular weight excluding hydrogens is 402 g/mol. The Bertz CT molecular complexity index is 924. The van der Waals surface area contributed by atoms with Crippen molar-refractivity contribution >= 4 is 11.9 Å². The number of rotatable bonds is 11. The molecule has 1 fully saturated rings. The molecule has 0 saturated carbocycles. The molecule has 3 rings (SSSR count). The number of hydrogen-bond acceptors (Lipinski definition) is 3. The fourth-order valence-corrected chi connectivity index (χ4v) is 4.20. The predicted molar refractivity (Wildman–Crippen MR) is 126 cm³/mol. The quantitative estimate of drug-likeness (QED) is 0.510. The largest absolute Gasteiger partial charge is 0.478 e. The number of hydrogen-bond donors (Lipinski definition) is 2. The number of aliphatic hydroxyl groups is 1. The van der Waals surface area contributed by atoms with Crippen LogP contribution in [0.3, 0.4) is 0 Å². The van der Waals surface area contributed by atoms with Gasteiger partial charge in [0.25, 0.3) is 0 Å². The summed E-state index contributed by atoms with van der Waals surface area (Å²) in [7, 11) is 0. The predicted octanol–water partition coefficient (Wildman–Crippen LogP) is 4.49. The topological polar surface area (TPSA) is 77.8 Å². The second kappa shape index (κ2) is 11.6. The van der Waals surface area contributed by atoms with Crippen molar-refractivity contribution in [1.29, 1.82) is 0 Å². The van der Waals surface area contributed by atoms with Gasteiger partial charge in [0.2, 0.25) is 5.91 Å². The maximum absolute atomic E-state index is 12.4. The number of aliphatic hydroxyl groups excluding tert-OH is 1. The summed E-state index contributed by atoms with van der Waals surface area (Å²) >= 11 is 0. The standard InChI is InChI=1S/C27H33NO4/c1-20(12-13-21-7-3-2-4-8-21)25(29)16-14-24-15-17-26(30)28(24)18-6-10-22-9-5-11-23(19-22)27(31)32/h2-5,7-9,11,14,16,19-20,24-25,29H,6,10,12-13,15,17-18H2,1H3,(H,31,32)/t20-,24-,25+/m0/s1. The van der Waals surface area contributed by atoms with Crippen LogP contribution in [0.4, 0.5) is 0 Å². The molecule has 0 bridgehead atoms. The van der Waals surface area contributed by atoms with Gasteiger partial charge in [-0.15, -0.1) is 0 Å². The first-order chi connectivity index (χ1) is 15.4. The molecule has 2 aromatic rings. The lowest BCUT2D eigenvalue weighted by atomic mass is 9.95. The highest BCUT2D eigenvalue weighted by Crippen LogP contribution is 2.22. The Morgan fingerprint density at radius 2 is 1.88 bits per heavy atom. The van der Waals surface area contributed by atoms with Crippen LogP contribution < -0.4 is 0 Å². The summed E-state index contributed by atoms with van der Waals surface area (Å²) in [6, 6.07) is 17.3. The fourth-order valence-electron chi connectivity index (χ4n) is 4.20. The highest BCUT2D eigenvalue weighted by molar-refractivity contribution is 5.87. The number of carboxylic acids is 1. The Hall–Kier alpha value is -2.92. The third-order valence-corrected chi connectivity index (χ3v) is 6.26. The molecule has 1 heterocycles. The minimum Gasteiger partial charge on any atom is -0.478 e. The summed E-state index contributed by atoms with van der Waals surface area (Å²) in [5.41, 5.74) is 2.53. The Morgan fingerprint density at radius 3 is 2.62 bits per heavy atom. The minimum absolute atomic E-state index is 0.0174. The molecule has 0 unspecified atom stereocenters. The summed E-state index contributed by atoms with van der Waals surface area (Å²) in [6.07, 6.45) is 7.94. The Labute approximate surface area is 190 Å². The van der Waals surface area contributed by atoms with E-state index in [-0.39, 0.29) is 23.4 Å². The third-order valence-electron chi connectivity index (χ3n) is 6.26. The van der Waals surface area contributed by atoms with E-state index in [0.29, 0.717) is 13.0 Å². The number of aromatic carboxylic acids is 1.